The number of morpholine rings is 1. The van der Waals surface area contributed by atoms with Crippen LogP contribution in [-0.4, -0.2) is 49.3 Å². The third-order valence-corrected chi connectivity index (χ3v) is 3.41. The van der Waals surface area contributed by atoms with Crippen LogP contribution in [0.2, 0.25) is 0 Å². The van der Waals surface area contributed by atoms with Crippen LogP contribution in [0.3, 0.4) is 0 Å². The summed E-state index contributed by atoms with van der Waals surface area (Å²) in [5.74, 6) is 0.103. The van der Waals surface area contributed by atoms with Gasteiger partial charge in [-0.25, -0.2) is 0 Å². The van der Waals surface area contributed by atoms with Gasteiger partial charge in [-0.2, -0.15) is 5.48 Å². The van der Waals surface area contributed by atoms with Crippen molar-refractivity contribution in [2.45, 2.75) is 44.8 Å². The molecule has 2 rings (SSSR count). The Morgan fingerprint density at radius 1 is 1.35 bits per heavy atom. The summed E-state index contributed by atoms with van der Waals surface area (Å²) in [5, 5.41) is 0. The summed E-state index contributed by atoms with van der Waals surface area (Å²) in [7, 11) is 0. The fraction of sp³-hybridized carbons (Fsp3) is 0.917. The quantitative estimate of drug-likeness (QED) is 0.737. The maximum Gasteiger partial charge on any atom is 0.241 e. The van der Waals surface area contributed by atoms with E-state index in [-0.39, 0.29) is 18.1 Å². The van der Waals surface area contributed by atoms with E-state index >= 15 is 0 Å². The Hall–Kier alpha value is -0.650. The maximum absolute atomic E-state index is 12.0. The Labute approximate surface area is 102 Å². The lowest BCUT2D eigenvalue weighted by atomic mass is 10.3. The average Bonchev–Trinajstić information content (AvgIpc) is 2.89. The van der Waals surface area contributed by atoms with Gasteiger partial charge in [-0.1, -0.05) is 12.8 Å². The minimum absolute atomic E-state index is 0.103. The van der Waals surface area contributed by atoms with Gasteiger partial charge in [0.25, 0.3) is 0 Å². The molecule has 1 unspecified atom stereocenters. The van der Waals surface area contributed by atoms with Gasteiger partial charge in [0.05, 0.1) is 19.3 Å². The van der Waals surface area contributed by atoms with Gasteiger partial charge >= 0.3 is 0 Å². The Kier molecular flexibility index (Phi) is 4.76. The Balaban J connectivity index is 1.70. The molecule has 5 nitrogen and oxygen atoms in total. The van der Waals surface area contributed by atoms with Gasteiger partial charge in [0, 0.05) is 13.1 Å². The van der Waals surface area contributed by atoms with Crippen LogP contribution >= 0.6 is 0 Å². The van der Waals surface area contributed by atoms with Crippen molar-refractivity contribution >= 4 is 5.91 Å². The summed E-state index contributed by atoms with van der Waals surface area (Å²) in [4.78, 5) is 19.4. The molecule has 1 atom stereocenters. The van der Waals surface area contributed by atoms with Gasteiger partial charge in [0.1, 0.15) is 6.04 Å². The van der Waals surface area contributed by atoms with E-state index in [1.54, 1.807) is 0 Å². The number of rotatable bonds is 4. The van der Waals surface area contributed by atoms with E-state index in [1.807, 2.05) is 11.8 Å². The van der Waals surface area contributed by atoms with E-state index < -0.39 is 0 Å². The highest BCUT2D eigenvalue weighted by Gasteiger charge is 2.24. The van der Waals surface area contributed by atoms with Crippen molar-refractivity contribution in [2.75, 3.05) is 26.3 Å². The zero-order valence-electron chi connectivity index (χ0n) is 10.5. The zero-order valence-corrected chi connectivity index (χ0v) is 10.5. The van der Waals surface area contributed by atoms with Crippen molar-refractivity contribution < 1.29 is 14.4 Å². The van der Waals surface area contributed by atoms with Crippen molar-refractivity contribution in [2.24, 2.45) is 0 Å². The first-order valence-corrected chi connectivity index (χ1v) is 6.55. The first-order valence-electron chi connectivity index (χ1n) is 6.55. The van der Waals surface area contributed by atoms with Crippen molar-refractivity contribution in [1.82, 2.24) is 10.4 Å². The molecule has 2 aliphatic rings. The summed E-state index contributed by atoms with van der Waals surface area (Å²) >= 11 is 0. The average molecular weight is 242 g/mol. The predicted molar refractivity (Wildman–Crippen MR) is 63.3 cm³/mol. The molecule has 1 saturated heterocycles. The topological polar surface area (TPSA) is 50.8 Å². The predicted octanol–water partition coefficient (Wildman–Crippen LogP) is 0.698. The SMILES string of the molecule is CC(NOC1CCCC1)C(=O)N1CCOCC1. The van der Waals surface area contributed by atoms with Crippen LogP contribution in [-0.2, 0) is 14.4 Å². The first-order chi connectivity index (χ1) is 8.27. The summed E-state index contributed by atoms with van der Waals surface area (Å²) in [6, 6.07) is -0.270. The van der Waals surface area contributed by atoms with E-state index in [2.05, 4.69) is 5.48 Å². The third-order valence-electron chi connectivity index (χ3n) is 3.41. The largest absolute Gasteiger partial charge is 0.378 e. The number of hydroxylamine groups is 1. The minimum Gasteiger partial charge on any atom is -0.378 e. The zero-order chi connectivity index (χ0) is 12.1. The van der Waals surface area contributed by atoms with Gasteiger partial charge in [-0.15, -0.1) is 0 Å². The summed E-state index contributed by atoms with van der Waals surface area (Å²) in [6.07, 6.45) is 4.96. The molecule has 0 aromatic rings. The fourth-order valence-corrected chi connectivity index (χ4v) is 2.31. The van der Waals surface area contributed by atoms with Crippen molar-refractivity contribution in [3.05, 3.63) is 0 Å². The minimum atomic E-state index is -0.270. The molecule has 17 heavy (non-hydrogen) atoms. The van der Waals surface area contributed by atoms with Gasteiger partial charge in [-0.05, 0) is 19.8 Å². The Morgan fingerprint density at radius 3 is 2.65 bits per heavy atom. The summed E-state index contributed by atoms with van der Waals surface area (Å²) in [5.41, 5.74) is 2.89. The van der Waals surface area contributed by atoms with E-state index in [0.717, 1.165) is 12.8 Å². The second kappa shape index (κ2) is 6.33. The number of hydrogen-bond donors (Lipinski definition) is 1. The number of carbonyl (C=O) groups excluding carboxylic acids is 1. The number of amides is 1. The normalized spacial score (nSPS) is 23.9. The van der Waals surface area contributed by atoms with Crippen LogP contribution in [0.4, 0.5) is 0 Å². The molecule has 0 aromatic heterocycles. The first kappa shape index (κ1) is 12.8. The van der Waals surface area contributed by atoms with Crippen molar-refractivity contribution in [3.63, 3.8) is 0 Å². The highest BCUT2D eigenvalue weighted by Crippen LogP contribution is 2.20. The van der Waals surface area contributed by atoms with E-state index in [9.17, 15) is 4.79 Å². The summed E-state index contributed by atoms with van der Waals surface area (Å²) in [6.45, 7) is 4.51. The fourth-order valence-electron chi connectivity index (χ4n) is 2.31. The van der Waals surface area contributed by atoms with Gasteiger partial charge in [0.15, 0.2) is 0 Å². The molecule has 1 aliphatic carbocycles. The molecule has 0 bridgehead atoms. The molecular formula is C12H22N2O3. The highest BCUT2D eigenvalue weighted by atomic mass is 16.7. The smallest absolute Gasteiger partial charge is 0.241 e. The van der Waals surface area contributed by atoms with Gasteiger partial charge in [-0.3, -0.25) is 9.63 Å². The lowest BCUT2D eigenvalue weighted by Crippen LogP contribution is -2.49. The van der Waals surface area contributed by atoms with Gasteiger partial charge < -0.3 is 9.64 Å². The highest BCUT2D eigenvalue weighted by molar-refractivity contribution is 5.81. The second-order valence-electron chi connectivity index (χ2n) is 4.80. The monoisotopic (exact) mass is 242 g/mol. The standard InChI is InChI=1S/C12H22N2O3/c1-10(13-17-11-4-2-3-5-11)12(15)14-6-8-16-9-7-14/h10-11,13H,2-9H2,1H3. The van der Waals surface area contributed by atoms with Crippen LogP contribution in [0.1, 0.15) is 32.6 Å². The Bertz CT molecular complexity index is 248. The summed E-state index contributed by atoms with van der Waals surface area (Å²) < 4.78 is 5.23. The number of nitrogens with one attached hydrogen (secondary N) is 1. The molecule has 1 saturated carbocycles. The van der Waals surface area contributed by atoms with Crippen LogP contribution in [0.25, 0.3) is 0 Å². The van der Waals surface area contributed by atoms with Crippen molar-refractivity contribution in [1.29, 1.82) is 0 Å². The van der Waals surface area contributed by atoms with E-state index in [4.69, 9.17) is 9.57 Å². The maximum atomic E-state index is 12.0. The molecule has 0 aromatic carbocycles. The molecule has 1 heterocycles. The lowest BCUT2D eigenvalue weighted by molar-refractivity contribution is -0.143. The number of nitrogens with zero attached hydrogens (tertiary/aromatic N) is 1. The van der Waals surface area contributed by atoms with Crippen LogP contribution in [0, 0.1) is 0 Å². The molecule has 0 radical (unpaired) electrons. The molecule has 1 amide bonds. The lowest BCUT2D eigenvalue weighted by Gasteiger charge is -2.29. The number of carbonyl (C=O) groups is 1. The van der Waals surface area contributed by atoms with Gasteiger partial charge in [0.2, 0.25) is 5.91 Å². The molecule has 98 valence electrons. The molecule has 5 heteroatoms. The third kappa shape index (κ3) is 3.66. The second-order valence-corrected chi connectivity index (χ2v) is 4.80. The van der Waals surface area contributed by atoms with E-state index in [0.29, 0.717) is 26.3 Å². The van der Waals surface area contributed by atoms with Crippen LogP contribution in [0.5, 0.6) is 0 Å². The van der Waals surface area contributed by atoms with Crippen molar-refractivity contribution in [3.8, 4) is 0 Å². The molecule has 1 N–H and O–H groups in total. The molecule has 1 aliphatic heterocycles. The van der Waals surface area contributed by atoms with Crippen LogP contribution < -0.4 is 5.48 Å². The van der Waals surface area contributed by atoms with E-state index in [1.165, 1.54) is 12.8 Å². The Morgan fingerprint density at radius 2 is 2.00 bits per heavy atom. The number of hydrogen-bond acceptors (Lipinski definition) is 4. The molecular weight excluding hydrogens is 220 g/mol. The van der Waals surface area contributed by atoms with Crippen LogP contribution in [0.15, 0.2) is 0 Å². The molecule has 0 spiro atoms. The number of ether oxygens (including phenoxy) is 1. The molecule has 2 fully saturated rings.